The molecule has 86 valence electrons. The molecule has 0 fully saturated rings. The van der Waals surface area contributed by atoms with E-state index in [0.29, 0.717) is 6.04 Å². The SMILES string of the molecule is CCn1nc(C)c(N)c1NC(C)CSC. The lowest BCUT2D eigenvalue weighted by Crippen LogP contribution is -2.21. The predicted molar refractivity (Wildman–Crippen MR) is 68.5 cm³/mol. The fraction of sp³-hybridized carbons (Fsp3) is 0.700. The standard InChI is InChI=1S/C10H20N4S/c1-5-14-10(9(11)8(3)13-14)12-7(2)6-15-4/h7,12H,5-6,11H2,1-4H3. The molecular formula is C10H20N4S. The van der Waals surface area contributed by atoms with Crippen molar-refractivity contribution in [2.75, 3.05) is 23.1 Å². The first kappa shape index (κ1) is 12.2. The molecule has 0 saturated carbocycles. The number of nitrogens with one attached hydrogen (secondary N) is 1. The minimum absolute atomic E-state index is 0.406. The molecule has 0 spiro atoms. The van der Waals surface area contributed by atoms with Gasteiger partial charge in [0.2, 0.25) is 0 Å². The summed E-state index contributed by atoms with van der Waals surface area (Å²) >= 11 is 1.82. The summed E-state index contributed by atoms with van der Waals surface area (Å²) in [5.74, 6) is 2.02. The van der Waals surface area contributed by atoms with Gasteiger partial charge in [0.25, 0.3) is 0 Å². The molecule has 5 heteroatoms. The van der Waals surface area contributed by atoms with Crippen molar-refractivity contribution in [1.82, 2.24) is 9.78 Å². The minimum atomic E-state index is 0.406. The highest BCUT2D eigenvalue weighted by atomic mass is 32.2. The third-order valence-corrected chi connectivity index (χ3v) is 3.11. The summed E-state index contributed by atoms with van der Waals surface area (Å²) in [6, 6.07) is 0.406. The second kappa shape index (κ2) is 5.30. The van der Waals surface area contributed by atoms with E-state index in [2.05, 4.69) is 30.5 Å². The molecule has 1 unspecified atom stereocenters. The van der Waals surface area contributed by atoms with Crippen LogP contribution >= 0.6 is 11.8 Å². The summed E-state index contributed by atoms with van der Waals surface area (Å²) in [5.41, 5.74) is 7.64. The van der Waals surface area contributed by atoms with E-state index in [-0.39, 0.29) is 0 Å². The van der Waals surface area contributed by atoms with E-state index >= 15 is 0 Å². The van der Waals surface area contributed by atoms with Crippen LogP contribution in [0.3, 0.4) is 0 Å². The largest absolute Gasteiger partial charge is 0.394 e. The van der Waals surface area contributed by atoms with Crippen molar-refractivity contribution in [1.29, 1.82) is 0 Å². The average Bonchev–Trinajstić information content (AvgIpc) is 2.46. The lowest BCUT2D eigenvalue weighted by atomic mass is 10.3. The molecule has 1 rings (SSSR count). The molecule has 1 atom stereocenters. The van der Waals surface area contributed by atoms with Gasteiger partial charge in [0.15, 0.2) is 0 Å². The van der Waals surface area contributed by atoms with Crippen molar-refractivity contribution >= 4 is 23.3 Å². The number of aryl methyl sites for hydroxylation is 2. The van der Waals surface area contributed by atoms with Crippen molar-refractivity contribution in [3.05, 3.63) is 5.69 Å². The van der Waals surface area contributed by atoms with Gasteiger partial charge in [-0.15, -0.1) is 0 Å². The van der Waals surface area contributed by atoms with Gasteiger partial charge >= 0.3 is 0 Å². The van der Waals surface area contributed by atoms with Crippen LogP contribution in [0.15, 0.2) is 0 Å². The molecule has 0 aromatic carbocycles. The molecule has 1 aromatic heterocycles. The van der Waals surface area contributed by atoms with Crippen LogP contribution < -0.4 is 11.1 Å². The maximum atomic E-state index is 5.97. The number of hydrogen-bond acceptors (Lipinski definition) is 4. The minimum Gasteiger partial charge on any atom is -0.394 e. The molecule has 4 nitrogen and oxygen atoms in total. The van der Waals surface area contributed by atoms with Crippen LogP contribution in [0.25, 0.3) is 0 Å². The number of rotatable bonds is 5. The Bertz CT molecular complexity index is 321. The van der Waals surface area contributed by atoms with Gasteiger partial charge in [-0.05, 0) is 27.0 Å². The second-order valence-electron chi connectivity index (χ2n) is 3.66. The molecule has 15 heavy (non-hydrogen) atoms. The molecule has 0 amide bonds. The Labute approximate surface area is 95.6 Å². The quantitative estimate of drug-likeness (QED) is 0.809. The second-order valence-corrected chi connectivity index (χ2v) is 4.57. The summed E-state index contributed by atoms with van der Waals surface area (Å²) in [7, 11) is 0. The van der Waals surface area contributed by atoms with Gasteiger partial charge in [-0.1, -0.05) is 0 Å². The van der Waals surface area contributed by atoms with Crippen LogP contribution in [0.5, 0.6) is 0 Å². The van der Waals surface area contributed by atoms with E-state index in [0.717, 1.165) is 29.5 Å². The number of nitrogens with zero attached hydrogens (tertiary/aromatic N) is 2. The number of anilines is 2. The molecule has 0 saturated heterocycles. The molecule has 0 aliphatic carbocycles. The van der Waals surface area contributed by atoms with Gasteiger partial charge in [-0.25, -0.2) is 4.68 Å². The Morgan fingerprint density at radius 2 is 2.27 bits per heavy atom. The topological polar surface area (TPSA) is 55.9 Å². The Kier molecular flexibility index (Phi) is 4.32. The summed E-state index contributed by atoms with van der Waals surface area (Å²) < 4.78 is 1.92. The molecule has 0 bridgehead atoms. The number of thioether (sulfide) groups is 1. The first-order chi connectivity index (χ1) is 7.10. The van der Waals surface area contributed by atoms with Gasteiger partial charge in [-0.2, -0.15) is 16.9 Å². The Morgan fingerprint density at radius 1 is 1.60 bits per heavy atom. The summed E-state index contributed by atoms with van der Waals surface area (Å²) in [6.07, 6.45) is 2.10. The van der Waals surface area contributed by atoms with Crippen LogP contribution in [0.4, 0.5) is 11.5 Å². The lowest BCUT2D eigenvalue weighted by molar-refractivity contribution is 0.653. The van der Waals surface area contributed by atoms with E-state index < -0.39 is 0 Å². The molecule has 0 aliphatic heterocycles. The van der Waals surface area contributed by atoms with E-state index in [1.54, 1.807) is 0 Å². The highest BCUT2D eigenvalue weighted by Gasteiger charge is 2.13. The van der Waals surface area contributed by atoms with Crippen LogP contribution in [0.1, 0.15) is 19.5 Å². The average molecular weight is 228 g/mol. The summed E-state index contributed by atoms with van der Waals surface area (Å²) in [5, 5.41) is 7.77. The van der Waals surface area contributed by atoms with Crippen molar-refractivity contribution in [3.8, 4) is 0 Å². The van der Waals surface area contributed by atoms with Gasteiger partial charge in [-0.3, -0.25) is 0 Å². The van der Waals surface area contributed by atoms with Gasteiger partial charge < -0.3 is 11.1 Å². The van der Waals surface area contributed by atoms with E-state index in [9.17, 15) is 0 Å². The highest BCUT2D eigenvalue weighted by Crippen LogP contribution is 2.23. The third-order valence-electron chi connectivity index (χ3n) is 2.27. The van der Waals surface area contributed by atoms with E-state index in [1.807, 2.05) is 23.4 Å². The van der Waals surface area contributed by atoms with E-state index in [1.165, 1.54) is 0 Å². The molecular weight excluding hydrogens is 208 g/mol. The predicted octanol–water partition coefficient (Wildman–Crippen LogP) is 1.96. The molecule has 0 radical (unpaired) electrons. The lowest BCUT2D eigenvalue weighted by Gasteiger charge is -2.15. The highest BCUT2D eigenvalue weighted by molar-refractivity contribution is 7.98. The molecule has 1 heterocycles. The number of nitrogen functional groups attached to an aromatic ring is 1. The zero-order chi connectivity index (χ0) is 11.4. The van der Waals surface area contributed by atoms with Crippen molar-refractivity contribution in [2.24, 2.45) is 0 Å². The maximum absolute atomic E-state index is 5.97. The smallest absolute Gasteiger partial charge is 0.148 e. The van der Waals surface area contributed by atoms with Gasteiger partial charge in [0.05, 0.1) is 11.4 Å². The first-order valence-corrected chi connectivity index (χ1v) is 6.57. The van der Waals surface area contributed by atoms with Crippen LogP contribution in [0, 0.1) is 6.92 Å². The zero-order valence-electron chi connectivity index (χ0n) is 9.87. The van der Waals surface area contributed by atoms with Crippen LogP contribution in [-0.2, 0) is 6.54 Å². The van der Waals surface area contributed by atoms with Crippen molar-refractivity contribution < 1.29 is 0 Å². The number of aromatic nitrogens is 2. The van der Waals surface area contributed by atoms with Gasteiger partial charge in [0.1, 0.15) is 5.82 Å². The molecule has 1 aromatic rings. The molecule has 3 N–H and O–H groups in total. The Morgan fingerprint density at radius 3 is 2.80 bits per heavy atom. The first-order valence-electron chi connectivity index (χ1n) is 5.18. The maximum Gasteiger partial charge on any atom is 0.148 e. The van der Waals surface area contributed by atoms with Crippen LogP contribution in [0.2, 0.25) is 0 Å². The third kappa shape index (κ3) is 2.81. The van der Waals surface area contributed by atoms with Crippen molar-refractivity contribution in [2.45, 2.75) is 33.4 Å². The fourth-order valence-electron chi connectivity index (χ4n) is 1.50. The molecule has 0 aliphatic rings. The normalized spacial score (nSPS) is 12.8. The van der Waals surface area contributed by atoms with E-state index in [4.69, 9.17) is 5.73 Å². The number of nitrogens with two attached hydrogens (primary N) is 1. The summed E-state index contributed by atoms with van der Waals surface area (Å²) in [4.78, 5) is 0. The Balaban J connectivity index is 2.82. The van der Waals surface area contributed by atoms with Crippen molar-refractivity contribution in [3.63, 3.8) is 0 Å². The Hall–Kier alpha value is -0.840. The fourth-order valence-corrected chi connectivity index (χ4v) is 2.08. The number of hydrogen-bond donors (Lipinski definition) is 2. The monoisotopic (exact) mass is 228 g/mol. The van der Waals surface area contributed by atoms with Crippen LogP contribution in [-0.4, -0.2) is 27.8 Å². The zero-order valence-corrected chi connectivity index (χ0v) is 10.7. The van der Waals surface area contributed by atoms with Gasteiger partial charge in [0, 0.05) is 18.3 Å². The summed E-state index contributed by atoms with van der Waals surface area (Å²) in [6.45, 7) is 6.99.